The summed E-state index contributed by atoms with van der Waals surface area (Å²) < 4.78 is 1.05. The lowest BCUT2D eigenvalue weighted by atomic mass is 10.1. The molecule has 0 saturated carbocycles. The second-order valence-electron chi connectivity index (χ2n) is 4.44. The van der Waals surface area contributed by atoms with Gasteiger partial charge in [-0.1, -0.05) is 6.07 Å². The maximum atomic E-state index is 11.1. The lowest BCUT2D eigenvalue weighted by molar-refractivity contribution is -0.383. The van der Waals surface area contributed by atoms with Crippen molar-refractivity contribution in [1.29, 1.82) is 0 Å². The van der Waals surface area contributed by atoms with Gasteiger partial charge in [-0.2, -0.15) is 0 Å². The molecule has 0 aromatic heterocycles. The van der Waals surface area contributed by atoms with E-state index in [0.717, 1.165) is 14.8 Å². The van der Waals surface area contributed by atoms with Crippen LogP contribution in [0.4, 0.5) is 17.1 Å². The monoisotopic (exact) mass is 397 g/mol. The summed E-state index contributed by atoms with van der Waals surface area (Å²) in [5, 5.41) is 14.1. The number of amides is 1. The number of nitro groups is 1. The molecule has 108 valence electrons. The maximum absolute atomic E-state index is 11.1. The van der Waals surface area contributed by atoms with Crippen LogP contribution in [0.5, 0.6) is 0 Å². The minimum absolute atomic E-state index is 0.103. The van der Waals surface area contributed by atoms with Crippen LogP contribution in [-0.2, 0) is 0 Å². The predicted molar refractivity (Wildman–Crippen MR) is 88.8 cm³/mol. The SMILES string of the molecule is Cc1ccc(Nc2ccc(C(N)=O)cc2[N+](=O)[O-])cc1I. The van der Waals surface area contributed by atoms with E-state index in [1.165, 1.54) is 18.2 Å². The highest BCUT2D eigenvalue weighted by atomic mass is 127. The largest absolute Gasteiger partial charge is 0.366 e. The standard InChI is InChI=1S/C14H12IN3O3/c1-8-2-4-10(7-11(8)15)17-12-5-3-9(14(16)19)6-13(12)18(20)21/h2-7,17H,1H3,(H2,16,19). The molecular weight excluding hydrogens is 385 g/mol. The van der Waals surface area contributed by atoms with Gasteiger partial charge in [0.25, 0.3) is 5.69 Å². The predicted octanol–water partition coefficient (Wildman–Crippen LogP) is 3.35. The van der Waals surface area contributed by atoms with Gasteiger partial charge in [0.1, 0.15) is 5.69 Å². The van der Waals surface area contributed by atoms with E-state index in [1.807, 2.05) is 25.1 Å². The van der Waals surface area contributed by atoms with Gasteiger partial charge in [0.05, 0.1) is 4.92 Å². The van der Waals surface area contributed by atoms with E-state index < -0.39 is 10.8 Å². The third kappa shape index (κ3) is 3.48. The van der Waals surface area contributed by atoms with Crippen molar-refractivity contribution in [3.05, 3.63) is 61.2 Å². The molecule has 0 unspecified atom stereocenters. The molecule has 0 aliphatic carbocycles. The number of nitrogens with zero attached hydrogens (tertiary/aromatic N) is 1. The Morgan fingerprint density at radius 1 is 1.29 bits per heavy atom. The molecule has 0 spiro atoms. The summed E-state index contributed by atoms with van der Waals surface area (Å²) in [7, 11) is 0. The number of halogens is 1. The Labute approximate surface area is 134 Å². The summed E-state index contributed by atoms with van der Waals surface area (Å²) in [5.74, 6) is -0.700. The zero-order valence-corrected chi connectivity index (χ0v) is 13.2. The number of nitro benzene ring substituents is 1. The fraction of sp³-hybridized carbons (Fsp3) is 0.0714. The Morgan fingerprint density at radius 2 is 2.00 bits per heavy atom. The molecule has 0 atom stereocenters. The molecule has 0 aliphatic heterocycles. The van der Waals surface area contributed by atoms with E-state index >= 15 is 0 Å². The van der Waals surface area contributed by atoms with Crippen molar-refractivity contribution in [2.45, 2.75) is 6.92 Å². The minimum Gasteiger partial charge on any atom is -0.366 e. The molecule has 0 aliphatic rings. The van der Waals surface area contributed by atoms with Gasteiger partial charge < -0.3 is 11.1 Å². The van der Waals surface area contributed by atoms with Crippen molar-refractivity contribution in [3.63, 3.8) is 0 Å². The summed E-state index contributed by atoms with van der Waals surface area (Å²) in [6, 6.07) is 9.75. The zero-order valence-electron chi connectivity index (χ0n) is 11.1. The van der Waals surface area contributed by atoms with Gasteiger partial charge in [-0.15, -0.1) is 0 Å². The normalized spacial score (nSPS) is 10.2. The fourth-order valence-electron chi connectivity index (χ4n) is 1.77. The second kappa shape index (κ2) is 6.08. The number of benzene rings is 2. The van der Waals surface area contributed by atoms with Crippen LogP contribution in [0.1, 0.15) is 15.9 Å². The molecule has 0 fully saturated rings. The first-order chi connectivity index (χ1) is 9.88. The van der Waals surface area contributed by atoms with Crippen LogP contribution >= 0.6 is 22.6 Å². The van der Waals surface area contributed by atoms with Crippen molar-refractivity contribution in [3.8, 4) is 0 Å². The molecule has 0 bridgehead atoms. The summed E-state index contributed by atoms with van der Waals surface area (Å²) in [6.07, 6.45) is 0. The number of rotatable bonds is 4. The van der Waals surface area contributed by atoms with Crippen LogP contribution in [0.3, 0.4) is 0 Å². The summed E-state index contributed by atoms with van der Waals surface area (Å²) in [4.78, 5) is 21.7. The Kier molecular flexibility index (Phi) is 4.41. The van der Waals surface area contributed by atoms with Crippen molar-refractivity contribution in [2.75, 3.05) is 5.32 Å². The average Bonchev–Trinajstić information content (AvgIpc) is 2.43. The van der Waals surface area contributed by atoms with Crippen LogP contribution in [-0.4, -0.2) is 10.8 Å². The third-order valence-corrected chi connectivity index (χ3v) is 4.09. The van der Waals surface area contributed by atoms with Gasteiger partial charge in [0.2, 0.25) is 5.91 Å². The number of hydrogen-bond donors (Lipinski definition) is 2. The molecule has 7 heteroatoms. The maximum Gasteiger partial charge on any atom is 0.293 e. The molecule has 2 aromatic rings. The molecule has 0 radical (unpaired) electrons. The van der Waals surface area contributed by atoms with Crippen LogP contribution in [0.25, 0.3) is 0 Å². The van der Waals surface area contributed by atoms with E-state index in [2.05, 4.69) is 27.9 Å². The van der Waals surface area contributed by atoms with Gasteiger partial charge in [-0.25, -0.2) is 0 Å². The van der Waals surface area contributed by atoms with Gasteiger partial charge in [0, 0.05) is 20.9 Å². The van der Waals surface area contributed by atoms with Crippen LogP contribution in [0.2, 0.25) is 0 Å². The van der Waals surface area contributed by atoms with E-state index in [4.69, 9.17) is 5.73 Å². The van der Waals surface area contributed by atoms with Crippen LogP contribution in [0, 0.1) is 20.6 Å². The van der Waals surface area contributed by atoms with Crippen molar-refractivity contribution < 1.29 is 9.72 Å². The lowest BCUT2D eigenvalue weighted by Gasteiger charge is -2.09. The van der Waals surface area contributed by atoms with Crippen LogP contribution in [0.15, 0.2) is 36.4 Å². The first-order valence-corrected chi connectivity index (χ1v) is 7.08. The van der Waals surface area contributed by atoms with E-state index in [0.29, 0.717) is 5.69 Å². The Bertz CT molecular complexity index is 731. The third-order valence-electron chi connectivity index (χ3n) is 2.93. The Balaban J connectivity index is 2.41. The number of primary amides is 1. The van der Waals surface area contributed by atoms with Crippen molar-refractivity contribution in [2.24, 2.45) is 5.73 Å². The fourth-order valence-corrected chi connectivity index (χ4v) is 2.28. The number of carbonyl (C=O) groups is 1. The number of nitrogens with one attached hydrogen (secondary N) is 1. The van der Waals surface area contributed by atoms with Gasteiger partial charge in [-0.3, -0.25) is 14.9 Å². The van der Waals surface area contributed by atoms with Crippen LogP contribution < -0.4 is 11.1 Å². The number of carbonyl (C=O) groups excluding carboxylic acids is 1. The highest BCUT2D eigenvalue weighted by molar-refractivity contribution is 14.1. The average molecular weight is 397 g/mol. The van der Waals surface area contributed by atoms with E-state index in [9.17, 15) is 14.9 Å². The molecule has 6 nitrogen and oxygen atoms in total. The van der Waals surface area contributed by atoms with E-state index in [1.54, 1.807) is 0 Å². The highest BCUT2D eigenvalue weighted by Gasteiger charge is 2.16. The van der Waals surface area contributed by atoms with Gasteiger partial charge in [-0.05, 0) is 59.3 Å². The van der Waals surface area contributed by atoms with Gasteiger partial charge in [0.15, 0.2) is 0 Å². The molecular formula is C14H12IN3O3. The first-order valence-electron chi connectivity index (χ1n) is 6.00. The van der Waals surface area contributed by atoms with Crippen molar-refractivity contribution in [1.82, 2.24) is 0 Å². The minimum atomic E-state index is -0.700. The molecule has 1 amide bonds. The Hall–Kier alpha value is -2.16. The Morgan fingerprint density at radius 3 is 2.57 bits per heavy atom. The summed E-state index contributed by atoms with van der Waals surface area (Å²) in [6.45, 7) is 1.98. The lowest BCUT2D eigenvalue weighted by Crippen LogP contribution is -2.11. The molecule has 0 saturated heterocycles. The first kappa shape index (κ1) is 15.2. The van der Waals surface area contributed by atoms with E-state index in [-0.39, 0.29) is 11.3 Å². The molecule has 2 rings (SSSR count). The molecule has 3 N–H and O–H groups in total. The number of aryl methyl sites for hydroxylation is 1. The van der Waals surface area contributed by atoms with Crippen molar-refractivity contribution >= 4 is 45.6 Å². The zero-order chi connectivity index (χ0) is 15.6. The quantitative estimate of drug-likeness (QED) is 0.470. The highest BCUT2D eigenvalue weighted by Crippen LogP contribution is 2.29. The topological polar surface area (TPSA) is 98.3 Å². The molecule has 21 heavy (non-hydrogen) atoms. The number of nitrogens with two attached hydrogens (primary N) is 1. The second-order valence-corrected chi connectivity index (χ2v) is 5.60. The van der Waals surface area contributed by atoms with Gasteiger partial charge >= 0.3 is 0 Å². The molecule has 2 aromatic carbocycles. The summed E-state index contributed by atoms with van der Waals surface area (Å²) in [5.41, 5.74) is 7.22. The smallest absolute Gasteiger partial charge is 0.293 e. The number of anilines is 2. The summed E-state index contributed by atoms with van der Waals surface area (Å²) >= 11 is 2.19. The number of hydrogen-bond acceptors (Lipinski definition) is 4. The molecule has 0 heterocycles.